The number of thioether (sulfide) groups is 1. The molecule has 0 bridgehead atoms. The highest BCUT2D eigenvalue weighted by atomic mass is 32.2. The standard InChI is InChI=1S/C13H17NS/c1-10(2)11(3)15-9-13-7-5-4-6-12(13)8-14/h4-7,10-11H,9H2,1-3H3. The van der Waals surface area contributed by atoms with Gasteiger partial charge in [0.05, 0.1) is 11.6 Å². The van der Waals surface area contributed by atoms with Crippen molar-refractivity contribution in [2.45, 2.75) is 31.8 Å². The second-order valence-corrected chi connectivity index (χ2v) is 5.39. The van der Waals surface area contributed by atoms with Crippen molar-refractivity contribution in [2.75, 3.05) is 0 Å². The SMILES string of the molecule is CC(C)C(C)SCc1ccccc1C#N. The van der Waals surface area contributed by atoms with E-state index in [1.54, 1.807) is 0 Å². The Hall–Kier alpha value is -0.940. The zero-order valence-corrected chi connectivity index (χ0v) is 10.3. The Balaban J connectivity index is 2.62. The molecule has 1 unspecified atom stereocenters. The molecular weight excluding hydrogens is 202 g/mol. The topological polar surface area (TPSA) is 23.8 Å². The van der Waals surface area contributed by atoms with E-state index < -0.39 is 0 Å². The number of benzene rings is 1. The van der Waals surface area contributed by atoms with Crippen molar-refractivity contribution in [3.05, 3.63) is 35.4 Å². The summed E-state index contributed by atoms with van der Waals surface area (Å²) in [4.78, 5) is 0. The molecule has 1 atom stereocenters. The van der Waals surface area contributed by atoms with Crippen LogP contribution in [0, 0.1) is 17.2 Å². The first-order valence-corrected chi connectivity index (χ1v) is 6.29. The lowest BCUT2D eigenvalue weighted by molar-refractivity contribution is 0.642. The molecule has 2 heteroatoms. The molecular formula is C13H17NS. The summed E-state index contributed by atoms with van der Waals surface area (Å²) in [6.07, 6.45) is 0. The summed E-state index contributed by atoms with van der Waals surface area (Å²) in [5.74, 6) is 1.62. The van der Waals surface area contributed by atoms with Crippen LogP contribution in [0.3, 0.4) is 0 Å². The molecule has 1 nitrogen and oxygen atoms in total. The highest BCUT2D eigenvalue weighted by Crippen LogP contribution is 2.24. The number of nitrogens with zero attached hydrogens (tertiary/aromatic N) is 1. The first-order chi connectivity index (χ1) is 7.15. The molecule has 0 N–H and O–H groups in total. The quantitative estimate of drug-likeness (QED) is 0.768. The van der Waals surface area contributed by atoms with Crippen LogP contribution in [-0.4, -0.2) is 5.25 Å². The van der Waals surface area contributed by atoms with Crippen molar-refractivity contribution in [2.24, 2.45) is 5.92 Å². The largest absolute Gasteiger partial charge is 0.192 e. The average Bonchev–Trinajstić information content (AvgIpc) is 2.26. The lowest BCUT2D eigenvalue weighted by Gasteiger charge is -2.15. The highest BCUT2D eigenvalue weighted by molar-refractivity contribution is 7.99. The molecule has 0 fully saturated rings. The molecule has 0 radical (unpaired) electrons. The van der Waals surface area contributed by atoms with Crippen molar-refractivity contribution < 1.29 is 0 Å². The minimum Gasteiger partial charge on any atom is -0.192 e. The second-order valence-electron chi connectivity index (χ2n) is 4.03. The maximum atomic E-state index is 8.93. The van der Waals surface area contributed by atoms with E-state index in [2.05, 4.69) is 26.8 Å². The van der Waals surface area contributed by atoms with Gasteiger partial charge >= 0.3 is 0 Å². The molecule has 0 aliphatic rings. The van der Waals surface area contributed by atoms with Crippen molar-refractivity contribution >= 4 is 11.8 Å². The van der Waals surface area contributed by atoms with E-state index in [9.17, 15) is 0 Å². The Morgan fingerprint density at radius 3 is 2.53 bits per heavy atom. The number of nitriles is 1. The van der Waals surface area contributed by atoms with Crippen molar-refractivity contribution in [3.8, 4) is 6.07 Å². The van der Waals surface area contributed by atoms with Crippen LogP contribution in [0.1, 0.15) is 31.9 Å². The van der Waals surface area contributed by atoms with Gasteiger partial charge in [-0.05, 0) is 17.5 Å². The monoisotopic (exact) mass is 219 g/mol. The first kappa shape index (κ1) is 12.1. The fraction of sp³-hybridized carbons (Fsp3) is 0.462. The van der Waals surface area contributed by atoms with Crippen LogP contribution < -0.4 is 0 Å². The molecule has 0 aromatic heterocycles. The van der Waals surface area contributed by atoms with Crippen molar-refractivity contribution in [3.63, 3.8) is 0 Å². The number of hydrogen-bond donors (Lipinski definition) is 0. The van der Waals surface area contributed by atoms with Crippen LogP contribution in [0.2, 0.25) is 0 Å². The van der Waals surface area contributed by atoms with Gasteiger partial charge in [0.25, 0.3) is 0 Å². The smallest absolute Gasteiger partial charge is 0.0994 e. The molecule has 1 aromatic rings. The predicted molar refractivity (Wildman–Crippen MR) is 66.8 cm³/mol. The molecule has 0 amide bonds. The van der Waals surface area contributed by atoms with Gasteiger partial charge in [-0.25, -0.2) is 0 Å². The zero-order valence-electron chi connectivity index (χ0n) is 9.53. The van der Waals surface area contributed by atoms with E-state index in [1.165, 1.54) is 0 Å². The van der Waals surface area contributed by atoms with Gasteiger partial charge in [-0.1, -0.05) is 39.0 Å². The van der Waals surface area contributed by atoms with Gasteiger partial charge in [-0.15, -0.1) is 0 Å². The number of hydrogen-bond acceptors (Lipinski definition) is 2. The van der Waals surface area contributed by atoms with E-state index in [1.807, 2.05) is 36.0 Å². The molecule has 0 saturated carbocycles. The maximum absolute atomic E-state index is 8.93. The first-order valence-electron chi connectivity index (χ1n) is 5.24. The van der Waals surface area contributed by atoms with Gasteiger partial charge in [-0.2, -0.15) is 17.0 Å². The average molecular weight is 219 g/mol. The molecule has 0 aliphatic carbocycles. The third kappa shape index (κ3) is 3.60. The Morgan fingerprint density at radius 1 is 1.27 bits per heavy atom. The van der Waals surface area contributed by atoms with Gasteiger partial charge in [0, 0.05) is 11.0 Å². The lowest BCUT2D eigenvalue weighted by Crippen LogP contribution is -2.06. The van der Waals surface area contributed by atoms with Crippen LogP contribution in [0.25, 0.3) is 0 Å². The van der Waals surface area contributed by atoms with Gasteiger partial charge in [0.2, 0.25) is 0 Å². The summed E-state index contributed by atoms with van der Waals surface area (Å²) in [6.45, 7) is 6.70. The summed E-state index contributed by atoms with van der Waals surface area (Å²) in [5, 5.41) is 9.57. The minimum atomic E-state index is 0.636. The lowest BCUT2D eigenvalue weighted by atomic mass is 10.1. The molecule has 0 saturated heterocycles. The molecule has 0 aliphatic heterocycles. The second kappa shape index (κ2) is 5.82. The van der Waals surface area contributed by atoms with Gasteiger partial charge < -0.3 is 0 Å². The van der Waals surface area contributed by atoms with Crippen LogP contribution in [0.15, 0.2) is 24.3 Å². The Morgan fingerprint density at radius 2 is 1.93 bits per heavy atom. The molecule has 0 spiro atoms. The van der Waals surface area contributed by atoms with Crippen LogP contribution in [0.5, 0.6) is 0 Å². The van der Waals surface area contributed by atoms with Gasteiger partial charge in [-0.3, -0.25) is 0 Å². The van der Waals surface area contributed by atoms with E-state index in [0.717, 1.165) is 16.9 Å². The van der Waals surface area contributed by atoms with Gasteiger partial charge in [0.1, 0.15) is 0 Å². The Kier molecular flexibility index (Phi) is 4.71. The molecule has 1 rings (SSSR count). The fourth-order valence-corrected chi connectivity index (χ4v) is 2.25. The zero-order chi connectivity index (χ0) is 11.3. The molecule has 0 heterocycles. The predicted octanol–water partition coefficient (Wildman–Crippen LogP) is 3.84. The van der Waals surface area contributed by atoms with E-state index in [4.69, 9.17) is 5.26 Å². The van der Waals surface area contributed by atoms with Crippen molar-refractivity contribution in [1.29, 1.82) is 5.26 Å². The summed E-state index contributed by atoms with van der Waals surface area (Å²) in [5.41, 5.74) is 1.96. The Bertz CT molecular complexity index is 352. The molecule has 15 heavy (non-hydrogen) atoms. The van der Waals surface area contributed by atoms with Crippen molar-refractivity contribution in [1.82, 2.24) is 0 Å². The third-order valence-corrected chi connectivity index (χ3v) is 4.13. The van der Waals surface area contributed by atoms with E-state index >= 15 is 0 Å². The fourth-order valence-electron chi connectivity index (χ4n) is 1.17. The van der Waals surface area contributed by atoms with Crippen LogP contribution in [-0.2, 0) is 5.75 Å². The van der Waals surface area contributed by atoms with Crippen LogP contribution in [0.4, 0.5) is 0 Å². The normalized spacial score (nSPS) is 12.5. The summed E-state index contributed by atoms with van der Waals surface area (Å²) in [7, 11) is 0. The summed E-state index contributed by atoms with van der Waals surface area (Å²) >= 11 is 1.92. The van der Waals surface area contributed by atoms with E-state index in [0.29, 0.717) is 11.2 Å². The van der Waals surface area contributed by atoms with Gasteiger partial charge in [0.15, 0.2) is 0 Å². The number of rotatable bonds is 4. The molecule has 1 aromatic carbocycles. The van der Waals surface area contributed by atoms with Crippen LogP contribution >= 0.6 is 11.8 Å². The minimum absolute atomic E-state index is 0.636. The third-order valence-electron chi connectivity index (χ3n) is 2.58. The summed E-state index contributed by atoms with van der Waals surface area (Å²) in [6, 6.07) is 10.1. The van der Waals surface area contributed by atoms with E-state index in [-0.39, 0.29) is 0 Å². The highest BCUT2D eigenvalue weighted by Gasteiger charge is 2.08. The Labute approximate surface area is 96.5 Å². The molecule has 80 valence electrons. The summed E-state index contributed by atoms with van der Waals surface area (Å²) < 4.78 is 0. The maximum Gasteiger partial charge on any atom is 0.0994 e.